The van der Waals surface area contributed by atoms with Gasteiger partial charge in [-0.05, 0) is 19.4 Å². The van der Waals surface area contributed by atoms with Gasteiger partial charge in [-0.1, -0.05) is 0 Å². The number of rotatable bonds is 2. The van der Waals surface area contributed by atoms with Gasteiger partial charge < -0.3 is 14.9 Å². The van der Waals surface area contributed by atoms with Gasteiger partial charge in [0.25, 0.3) is 0 Å². The molecule has 0 aromatic carbocycles. The second kappa shape index (κ2) is 5.26. The molecule has 1 heterocycles. The Morgan fingerprint density at radius 1 is 1.70 bits per heavy atom. The van der Waals surface area contributed by atoms with E-state index in [1.54, 1.807) is 6.26 Å². The van der Waals surface area contributed by atoms with Crippen molar-refractivity contribution in [3.8, 4) is 0 Å². The Morgan fingerprint density at radius 3 is 3.00 bits per heavy atom. The van der Waals surface area contributed by atoms with E-state index in [0.717, 1.165) is 19.4 Å². The highest BCUT2D eigenvalue weighted by molar-refractivity contribution is 4.78. The third-order valence-electron chi connectivity index (χ3n) is 1.25. The number of hydrogen-bond acceptors (Lipinski definition) is 2. The summed E-state index contributed by atoms with van der Waals surface area (Å²) in [5, 5.41) is 0. The first-order valence-electron chi connectivity index (χ1n) is 3.35. The van der Waals surface area contributed by atoms with E-state index < -0.39 is 0 Å². The lowest BCUT2D eigenvalue weighted by Crippen LogP contribution is -2.16. The van der Waals surface area contributed by atoms with Crippen LogP contribution < -0.4 is 0 Å². The smallest absolute Gasteiger partial charge is 0.199 e. The van der Waals surface area contributed by atoms with Gasteiger partial charge in [-0.25, -0.2) is 0 Å². The second-order valence-corrected chi connectivity index (χ2v) is 1.97. The van der Waals surface area contributed by atoms with Crippen molar-refractivity contribution in [3.05, 3.63) is 12.3 Å². The van der Waals surface area contributed by atoms with Crippen molar-refractivity contribution < 1.29 is 14.9 Å². The minimum atomic E-state index is 0. The Morgan fingerprint density at radius 2 is 2.50 bits per heavy atom. The van der Waals surface area contributed by atoms with E-state index in [0.29, 0.717) is 0 Å². The highest BCUT2D eigenvalue weighted by atomic mass is 16.7. The molecule has 0 amide bonds. The van der Waals surface area contributed by atoms with Crippen molar-refractivity contribution in [1.82, 2.24) is 0 Å². The number of hydrogen-bond donors (Lipinski definition) is 0. The molecule has 1 aliphatic heterocycles. The van der Waals surface area contributed by atoms with Crippen LogP contribution in [-0.2, 0) is 9.47 Å². The molecular weight excluding hydrogens is 132 g/mol. The van der Waals surface area contributed by atoms with E-state index in [9.17, 15) is 0 Å². The zero-order chi connectivity index (χ0) is 6.53. The van der Waals surface area contributed by atoms with Gasteiger partial charge in [0.1, 0.15) is 0 Å². The van der Waals surface area contributed by atoms with Gasteiger partial charge >= 0.3 is 0 Å². The predicted molar refractivity (Wildman–Crippen MR) is 38.5 cm³/mol. The van der Waals surface area contributed by atoms with E-state index in [4.69, 9.17) is 9.47 Å². The van der Waals surface area contributed by atoms with Crippen molar-refractivity contribution in [2.45, 2.75) is 26.1 Å². The maximum Gasteiger partial charge on any atom is 0.199 e. The SMILES string of the molecule is CCOC1CCC=CO1.O. The molecule has 0 fully saturated rings. The number of ether oxygens (including phenoxy) is 2. The molecule has 3 heteroatoms. The summed E-state index contributed by atoms with van der Waals surface area (Å²) in [6.45, 7) is 2.71. The summed E-state index contributed by atoms with van der Waals surface area (Å²) in [4.78, 5) is 0. The normalized spacial score (nSPS) is 23.1. The molecule has 2 N–H and O–H groups in total. The monoisotopic (exact) mass is 146 g/mol. The molecule has 1 rings (SSSR count). The van der Waals surface area contributed by atoms with Crippen LogP contribution in [0.3, 0.4) is 0 Å². The summed E-state index contributed by atoms with van der Waals surface area (Å²) in [6.07, 6.45) is 5.80. The summed E-state index contributed by atoms with van der Waals surface area (Å²) in [6, 6.07) is 0. The third kappa shape index (κ3) is 2.85. The van der Waals surface area contributed by atoms with Crippen molar-refractivity contribution in [1.29, 1.82) is 0 Å². The lowest BCUT2D eigenvalue weighted by atomic mass is 10.3. The van der Waals surface area contributed by atoms with E-state index in [1.807, 2.05) is 13.0 Å². The van der Waals surface area contributed by atoms with Crippen LogP contribution in [0.1, 0.15) is 19.8 Å². The topological polar surface area (TPSA) is 50.0 Å². The van der Waals surface area contributed by atoms with Crippen LogP contribution in [0.15, 0.2) is 12.3 Å². The first kappa shape index (κ1) is 9.46. The van der Waals surface area contributed by atoms with Crippen LogP contribution in [0.4, 0.5) is 0 Å². The lowest BCUT2D eigenvalue weighted by molar-refractivity contribution is -0.111. The molecule has 1 atom stereocenters. The van der Waals surface area contributed by atoms with Crippen LogP contribution in [0.5, 0.6) is 0 Å². The van der Waals surface area contributed by atoms with Crippen LogP contribution in [0, 0.1) is 0 Å². The zero-order valence-electron chi connectivity index (χ0n) is 6.17. The van der Waals surface area contributed by atoms with Gasteiger partial charge in [0.2, 0.25) is 0 Å². The lowest BCUT2D eigenvalue weighted by Gasteiger charge is -2.18. The summed E-state index contributed by atoms with van der Waals surface area (Å²) in [5.41, 5.74) is 0. The van der Waals surface area contributed by atoms with Crippen LogP contribution in [-0.4, -0.2) is 18.4 Å². The van der Waals surface area contributed by atoms with E-state index >= 15 is 0 Å². The fraction of sp³-hybridized carbons (Fsp3) is 0.714. The predicted octanol–water partition coefficient (Wildman–Crippen LogP) is 0.848. The van der Waals surface area contributed by atoms with E-state index in [-0.39, 0.29) is 11.8 Å². The highest BCUT2D eigenvalue weighted by Crippen LogP contribution is 2.10. The van der Waals surface area contributed by atoms with Gasteiger partial charge in [-0.2, -0.15) is 0 Å². The first-order chi connectivity index (χ1) is 4.43. The fourth-order valence-electron chi connectivity index (χ4n) is 0.820. The zero-order valence-corrected chi connectivity index (χ0v) is 6.17. The molecule has 60 valence electrons. The maximum atomic E-state index is 5.21. The summed E-state index contributed by atoms with van der Waals surface area (Å²) in [5.74, 6) is 0. The maximum absolute atomic E-state index is 5.21. The third-order valence-corrected chi connectivity index (χ3v) is 1.25. The molecule has 0 spiro atoms. The van der Waals surface area contributed by atoms with Gasteiger partial charge in [0.15, 0.2) is 6.29 Å². The molecule has 0 aliphatic carbocycles. The Labute approximate surface area is 60.9 Å². The van der Waals surface area contributed by atoms with E-state index in [1.165, 1.54) is 0 Å². The Bertz CT molecular complexity index is 101. The molecule has 1 aliphatic rings. The van der Waals surface area contributed by atoms with Crippen molar-refractivity contribution in [2.75, 3.05) is 6.61 Å². The fourth-order valence-corrected chi connectivity index (χ4v) is 0.820. The van der Waals surface area contributed by atoms with Crippen LogP contribution in [0.25, 0.3) is 0 Å². The van der Waals surface area contributed by atoms with Gasteiger partial charge in [0, 0.05) is 13.0 Å². The largest absolute Gasteiger partial charge is 0.473 e. The average Bonchev–Trinajstić information content (AvgIpc) is 1.91. The molecule has 0 aromatic rings. The Kier molecular flexibility index (Phi) is 4.98. The molecule has 0 aromatic heterocycles. The average molecular weight is 146 g/mol. The Hall–Kier alpha value is -0.540. The van der Waals surface area contributed by atoms with Gasteiger partial charge in [0.05, 0.1) is 6.26 Å². The summed E-state index contributed by atoms with van der Waals surface area (Å²) < 4.78 is 10.3. The van der Waals surface area contributed by atoms with Crippen molar-refractivity contribution >= 4 is 0 Å². The van der Waals surface area contributed by atoms with E-state index in [2.05, 4.69) is 0 Å². The Balaban J connectivity index is 0.000000810. The number of allylic oxidation sites excluding steroid dienone is 1. The van der Waals surface area contributed by atoms with Crippen molar-refractivity contribution in [3.63, 3.8) is 0 Å². The minimum absolute atomic E-state index is 0. The molecule has 0 radical (unpaired) electrons. The van der Waals surface area contributed by atoms with Crippen molar-refractivity contribution in [2.24, 2.45) is 0 Å². The second-order valence-electron chi connectivity index (χ2n) is 1.97. The first-order valence-corrected chi connectivity index (χ1v) is 3.35. The molecule has 10 heavy (non-hydrogen) atoms. The van der Waals surface area contributed by atoms with Crippen LogP contribution in [0.2, 0.25) is 0 Å². The molecule has 3 nitrogen and oxygen atoms in total. The molecule has 0 saturated heterocycles. The molecule has 0 saturated carbocycles. The highest BCUT2D eigenvalue weighted by Gasteiger charge is 2.08. The van der Waals surface area contributed by atoms with Crippen LogP contribution >= 0.6 is 0 Å². The summed E-state index contributed by atoms with van der Waals surface area (Å²) in [7, 11) is 0. The molecular formula is C7H14O3. The molecule has 0 bridgehead atoms. The van der Waals surface area contributed by atoms with Gasteiger partial charge in [-0.3, -0.25) is 0 Å². The summed E-state index contributed by atoms with van der Waals surface area (Å²) >= 11 is 0. The molecule has 1 unspecified atom stereocenters. The standard InChI is InChI=1S/C7H12O2.H2O/c1-2-8-7-5-3-4-6-9-7;/h4,6-7H,2-3,5H2,1H3;1H2. The quantitative estimate of drug-likeness (QED) is 0.579. The minimum Gasteiger partial charge on any atom is -0.473 e. The van der Waals surface area contributed by atoms with Gasteiger partial charge in [-0.15, -0.1) is 0 Å².